The van der Waals surface area contributed by atoms with Crippen LogP contribution in [0, 0.1) is 17.3 Å². The Hall–Kier alpha value is -2.46. The average molecular weight is 638 g/mol. The van der Waals surface area contributed by atoms with E-state index in [1.54, 1.807) is 18.2 Å². The molecule has 0 bridgehead atoms. The van der Waals surface area contributed by atoms with E-state index in [0.717, 1.165) is 5.56 Å². The molecule has 4 rings (SSSR count). The van der Waals surface area contributed by atoms with E-state index < -0.39 is 30.0 Å². The van der Waals surface area contributed by atoms with Crippen LogP contribution in [0.25, 0.3) is 0 Å². The van der Waals surface area contributed by atoms with Gasteiger partial charge in [-0.05, 0) is 67.2 Å². The summed E-state index contributed by atoms with van der Waals surface area (Å²) in [6.45, 7) is 7.38. The predicted octanol–water partition coefficient (Wildman–Crippen LogP) is 5.14. The van der Waals surface area contributed by atoms with Crippen LogP contribution in [-0.4, -0.2) is 55.2 Å². The molecule has 0 radical (unpaired) electrons. The van der Waals surface area contributed by atoms with Gasteiger partial charge in [0.15, 0.2) is 0 Å². The van der Waals surface area contributed by atoms with Crippen molar-refractivity contribution in [1.29, 1.82) is 0 Å². The number of carbonyl (C=O) groups is 3. The number of nitrogens with one attached hydrogen (secondary N) is 3. The van der Waals surface area contributed by atoms with Gasteiger partial charge >= 0.3 is 5.97 Å². The van der Waals surface area contributed by atoms with E-state index in [4.69, 9.17) is 33.7 Å². The molecule has 2 amide bonds. The van der Waals surface area contributed by atoms with E-state index in [1.807, 2.05) is 19.1 Å². The fourth-order valence-corrected chi connectivity index (χ4v) is 7.34. The number of nitrogens with two attached hydrogens (primary N) is 1. The van der Waals surface area contributed by atoms with Gasteiger partial charge in [-0.15, -0.1) is 0 Å². The normalized spacial score (nSPS) is 29.9. The molecule has 1 aliphatic carbocycles. The number of halogens is 3. The van der Waals surface area contributed by atoms with Crippen molar-refractivity contribution in [1.82, 2.24) is 10.6 Å². The first kappa shape index (κ1) is 33.4. The van der Waals surface area contributed by atoms with Gasteiger partial charge in [0.05, 0.1) is 18.0 Å². The van der Waals surface area contributed by atoms with Crippen LogP contribution in [-0.2, 0) is 24.5 Å². The fourth-order valence-electron chi connectivity index (χ4n) is 7.09. The van der Waals surface area contributed by atoms with E-state index in [1.165, 1.54) is 6.08 Å². The fraction of sp³-hybridized carbons (Fsp3) is 0.594. The Morgan fingerprint density at radius 3 is 2.58 bits per heavy atom. The first-order chi connectivity index (χ1) is 20.3. The maximum absolute atomic E-state index is 14.2. The number of hydrogen-bond acceptors (Lipinski definition) is 6. The van der Waals surface area contributed by atoms with Crippen LogP contribution in [0.3, 0.4) is 0 Å². The largest absolute Gasteiger partial charge is 0.461 e. The van der Waals surface area contributed by atoms with Gasteiger partial charge in [-0.1, -0.05) is 69.1 Å². The molecule has 2 aliphatic heterocycles. The monoisotopic (exact) mass is 636 g/mol. The lowest BCUT2D eigenvalue weighted by atomic mass is 9.61. The van der Waals surface area contributed by atoms with Crippen molar-refractivity contribution in [2.45, 2.75) is 89.4 Å². The molecule has 1 aromatic rings. The van der Waals surface area contributed by atoms with Crippen LogP contribution < -0.4 is 21.7 Å². The summed E-state index contributed by atoms with van der Waals surface area (Å²) in [5.74, 6) is -1.56. The summed E-state index contributed by atoms with van der Waals surface area (Å²) in [4.78, 5) is 40.0. The summed E-state index contributed by atoms with van der Waals surface area (Å²) in [6.07, 6.45) is 8.06. The molecule has 43 heavy (non-hydrogen) atoms. The zero-order chi connectivity index (χ0) is 31.5. The average Bonchev–Trinajstić information content (AvgIpc) is 3.42. The quantitative estimate of drug-likeness (QED) is 0.220. The smallest absolute Gasteiger partial charge is 0.319 e. The van der Waals surface area contributed by atoms with Gasteiger partial charge < -0.3 is 26.4 Å². The lowest BCUT2D eigenvalue weighted by Crippen LogP contribution is -2.52. The SMILES string of the molecule is CC(/C=C\C=C(\Cl)CF)[C@H]1[C@H](C(=O)N[C@H]2CC[C@H](OC(=O)CN)CC2)N[C@H](CC(C)(C)C)[C@]12C(=O)Nc1cc(Cl)ccc12. The minimum atomic E-state index is -1.07. The third-order valence-corrected chi connectivity index (χ3v) is 9.30. The second kappa shape index (κ2) is 13.7. The molecular weight excluding hydrogens is 594 g/mol. The number of fused-ring (bicyclic) bond motifs is 2. The molecule has 0 aromatic heterocycles. The maximum Gasteiger partial charge on any atom is 0.319 e. The van der Waals surface area contributed by atoms with E-state index in [-0.39, 0.29) is 52.9 Å². The highest BCUT2D eigenvalue weighted by Crippen LogP contribution is 2.55. The maximum atomic E-state index is 14.2. The van der Waals surface area contributed by atoms with Crippen LogP contribution in [0.15, 0.2) is 41.5 Å². The van der Waals surface area contributed by atoms with Crippen LogP contribution in [0.2, 0.25) is 5.02 Å². The second-order valence-electron chi connectivity index (χ2n) is 13.2. The minimum absolute atomic E-state index is 0.0638. The van der Waals surface area contributed by atoms with Crippen LogP contribution >= 0.6 is 23.2 Å². The molecule has 5 N–H and O–H groups in total. The highest BCUT2D eigenvalue weighted by molar-refractivity contribution is 6.31. The zero-order valence-electron chi connectivity index (χ0n) is 25.2. The lowest BCUT2D eigenvalue weighted by molar-refractivity contribution is -0.149. The molecule has 2 fully saturated rings. The number of esters is 1. The third kappa shape index (κ3) is 7.27. The summed E-state index contributed by atoms with van der Waals surface area (Å²) in [7, 11) is 0. The van der Waals surface area contributed by atoms with Gasteiger partial charge in [-0.3, -0.25) is 14.4 Å². The van der Waals surface area contributed by atoms with Gasteiger partial charge in [0.2, 0.25) is 11.8 Å². The highest BCUT2D eigenvalue weighted by atomic mass is 35.5. The van der Waals surface area contributed by atoms with Gasteiger partial charge in [0.25, 0.3) is 0 Å². The van der Waals surface area contributed by atoms with Crippen molar-refractivity contribution in [3.63, 3.8) is 0 Å². The third-order valence-electron chi connectivity index (χ3n) is 8.84. The standard InChI is InChI=1S/C32H43Cl2FN4O4/c1-18(6-5-7-20(34)16-35)27-28(29(41)37-21-9-11-22(12-10-21)43-26(40)17-36)39-25(15-31(2,3)4)32(27)23-13-8-19(33)14-24(23)38-30(32)42/h5-8,13-14,18,21-22,25,27-28,39H,9-12,15-17,36H2,1-4H3,(H,37,41)(H,38,42)/b6-5-,20-7+/t18?,21-,22-,25-,27+,28-,32+/m1/s1. The molecular formula is C32H43Cl2FN4O4. The number of carbonyl (C=O) groups excluding carboxylic acids is 3. The summed E-state index contributed by atoms with van der Waals surface area (Å²) in [5, 5.41) is 10.5. The van der Waals surface area contributed by atoms with Crippen LogP contribution in [0.1, 0.15) is 65.4 Å². The highest BCUT2D eigenvalue weighted by Gasteiger charge is 2.66. The summed E-state index contributed by atoms with van der Waals surface area (Å²) in [6, 6.07) is 4.26. The Bertz CT molecular complexity index is 1270. The van der Waals surface area contributed by atoms with Crippen molar-refractivity contribution in [3.8, 4) is 0 Å². The Morgan fingerprint density at radius 1 is 1.26 bits per heavy atom. The Morgan fingerprint density at radius 2 is 1.95 bits per heavy atom. The molecule has 5 atom stereocenters. The van der Waals surface area contributed by atoms with Crippen molar-refractivity contribution < 1.29 is 23.5 Å². The number of hydrogen-bond donors (Lipinski definition) is 4. The summed E-state index contributed by atoms with van der Waals surface area (Å²) < 4.78 is 18.4. The molecule has 1 saturated heterocycles. The Kier molecular flexibility index (Phi) is 10.6. The molecule has 1 unspecified atom stereocenters. The van der Waals surface area contributed by atoms with Gasteiger partial charge in [0, 0.05) is 33.7 Å². The number of benzene rings is 1. The van der Waals surface area contributed by atoms with E-state index in [0.29, 0.717) is 42.8 Å². The number of allylic oxidation sites excluding steroid dienone is 4. The minimum Gasteiger partial charge on any atom is -0.461 e. The zero-order valence-corrected chi connectivity index (χ0v) is 26.7. The van der Waals surface area contributed by atoms with Crippen LogP contribution in [0.5, 0.6) is 0 Å². The Balaban J connectivity index is 1.70. The number of ether oxygens (including phenoxy) is 1. The van der Waals surface area contributed by atoms with E-state index in [9.17, 15) is 18.8 Å². The van der Waals surface area contributed by atoms with E-state index >= 15 is 0 Å². The van der Waals surface area contributed by atoms with Gasteiger partial charge in [-0.2, -0.15) is 0 Å². The topological polar surface area (TPSA) is 123 Å². The van der Waals surface area contributed by atoms with Crippen molar-refractivity contribution in [3.05, 3.63) is 52.0 Å². The number of rotatable bonds is 9. The molecule has 2 heterocycles. The lowest BCUT2D eigenvalue weighted by Gasteiger charge is -2.39. The number of alkyl halides is 1. The summed E-state index contributed by atoms with van der Waals surface area (Å²) in [5.41, 5.74) is 5.61. The second-order valence-corrected chi connectivity index (χ2v) is 14.1. The molecule has 236 valence electrons. The summed E-state index contributed by atoms with van der Waals surface area (Å²) >= 11 is 12.2. The predicted molar refractivity (Wildman–Crippen MR) is 168 cm³/mol. The first-order valence-electron chi connectivity index (χ1n) is 15.0. The number of amides is 2. The van der Waals surface area contributed by atoms with Crippen molar-refractivity contribution in [2.24, 2.45) is 23.0 Å². The van der Waals surface area contributed by atoms with Gasteiger partial charge in [0.1, 0.15) is 12.8 Å². The molecule has 3 aliphatic rings. The Labute approximate surface area is 263 Å². The molecule has 1 spiro atoms. The first-order valence-corrected chi connectivity index (χ1v) is 15.7. The van der Waals surface area contributed by atoms with E-state index in [2.05, 4.69) is 36.7 Å². The van der Waals surface area contributed by atoms with Crippen LogP contribution in [0.4, 0.5) is 10.1 Å². The number of anilines is 1. The van der Waals surface area contributed by atoms with Crippen molar-refractivity contribution >= 4 is 46.7 Å². The molecule has 1 saturated carbocycles. The molecule has 8 nitrogen and oxygen atoms in total. The molecule has 1 aromatic carbocycles. The van der Waals surface area contributed by atoms with Gasteiger partial charge in [-0.25, -0.2) is 4.39 Å². The van der Waals surface area contributed by atoms with Crippen molar-refractivity contribution in [2.75, 3.05) is 18.5 Å². The molecule has 11 heteroatoms.